The minimum Gasteiger partial charge on any atom is -0.493 e. The van der Waals surface area contributed by atoms with Gasteiger partial charge in [0.25, 0.3) is 5.91 Å². The van der Waals surface area contributed by atoms with Gasteiger partial charge in [-0.2, -0.15) is 0 Å². The average Bonchev–Trinajstić information content (AvgIpc) is 2.59. The van der Waals surface area contributed by atoms with E-state index in [1.54, 1.807) is 21.3 Å². The predicted molar refractivity (Wildman–Crippen MR) is 87.4 cm³/mol. The standard InChI is InChI=1S/C17H26N2O4/c1-21-14-9-13(10-15(22-2)17(14)23-3)11-18-16(20)12-19-7-5-4-6-8-19/h9-10H,4-8,11-12H2,1-3H3,(H,18,20)/p+1. The molecule has 1 aromatic rings. The fraction of sp³-hybridized carbons (Fsp3) is 0.588. The van der Waals surface area contributed by atoms with Crippen molar-refractivity contribution in [3.8, 4) is 17.2 Å². The summed E-state index contributed by atoms with van der Waals surface area (Å²) in [5.74, 6) is 1.83. The average molecular weight is 323 g/mol. The number of nitrogens with one attached hydrogen (secondary N) is 2. The van der Waals surface area contributed by atoms with Gasteiger partial charge in [-0.25, -0.2) is 0 Å². The monoisotopic (exact) mass is 323 g/mol. The summed E-state index contributed by atoms with van der Waals surface area (Å²) in [6.07, 6.45) is 3.72. The highest BCUT2D eigenvalue weighted by Crippen LogP contribution is 2.38. The van der Waals surface area contributed by atoms with Crippen LogP contribution in [0.3, 0.4) is 0 Å². The Morgan fingerprint density at radius 1 is 1.04 bits per heavy atom. The molecule has 1 fully saturated rings. The second-order valence-corrected chi connectivity index (χ2v) is 5.80. The van der Waals surface area contributed by atoms with Crippen molar-refractivity contribution in [3.05, 3.63) is 17.7 Å². The van der Waals surface area contributed by atoms with E-state index in [4.69, 9.17) is 14.2 Å². The lowest BCUT2D eigenvalue weighted by Gasteiger charge is -2.22. The summed E-state index contributed by atoms with van der Waals surface area (Å²) < 4.78 is 16.0. The molecule has 2 rings (SSSR count). The number of quaternary nitrogens is 1. The minimum atomic E-state index is 0.0793. The fourth-order valence-corrected chi connectivity index (χ4v) is 2.96. The Hall–Kier alpha value is -1.95. The summed E-state index contributed by atoms with van der Waals surface area (Å²) in [6, 6.07) is 3.71. The van der Waals surface area contributed by atoms with Crippen LogP contribution in [0.2, 0.25) is 0 Å². The third-order valence-electron chi connectivity index (χ3n) is 4.19. The van der Waals surface area contributed by atoms with E-state index >= 15 is 0 Å². The first-order valence-electron chi connectivity index (χ1n) is 8.07. The quantitative estimate of drug-likeness (QED) is 0.762. The molecule has 6 heteroatoms. The number of hydrogen-bond donors (Lipinski definition) is 2. The SMILES string of the molecule is COc1cc(CNC(=O)C[NH+]2CCCCC2)cc(OC)c1OC. The molecule has 1 aliphatic rings. The maximum atomic E-state index is 12.1. The Kier molecular flexibility index (Phi) is 6.52. The number of hydrogen-bond acceptors (Lipinski definition) is 4. The predicted octanol–water partition coefficient (Wildman–Crippen LogP) is 0.397. The van der Waals surface area contributed by atoms with Crippen LogP contribution < -0.4 is 24.4 Å². The van der Waals surface area contributed by atoms with Crippen molar-refractivity contribution in [2.75, 3.05) is 41.0 Å². The van der Waals surface area contributed by atoms with Crippen molar-refractivity contribution in [2.24, 2.45) is 0 Å². The van der Waals surface area contributed by atoms with Crippen LogP contribution >= 0.6 is 0 Å². The Morgan fingerprint density at radius 3 is 2.17 bits per heavy atom. The third-order valence-corrected chi connectivity index (χ3v) is 4.19. The number of ether oxygens (including phenoxy) is 3. The first-order valence-corrected chi connectivity index (χ1v) is 8.07. The number of benzene rings is 1. The van der Waals surface area contributed by atoms with Crippen LogP contribution in [0.25, 0.3) is 0 Å². The van der Waals surface area contributed by atoms with E-state index in [2.05, 4.69) is 5.32 Å². The number of rotatable bonds is 7. The molecule has 1 heterocycles. The van der Waals surface area contributed by atoms with Gasteiger partial charge in [-0.3, -0.25) is 4.79 Å². The van der Waals surface area contributed by atoms with E-state index in [0.717, 1.165) is 18.7 Å². The summed E-state index contributed by atoms with van der Waals surface area (Å²) in [5, 5.41) is 2.97. The zero-order valence-corrected chi connectivity index (χ0v) is 14.2. The first kappa shape index (κ1) is 17.4. The summed E-state index contributed by atoms with van der Waals surface area (Å²) in [4.78, 5) is 13.5. The fourth-order valence-electron chi connectivity index (χ4n) is 2.96. The van der Waals surface area contributed by atoms with Crippen molar-refractivity contribution in [1.29, 1.82) is 0 Å². The van der Waals surface area contributed by atoms with Gasteiger partial charge in [0.15, 0.2) is 18.0 Å². The minimum absolute atomic E-state index is 0.0793. The van der Waals surface area contributed by atoms with Crippen LogP contribution in [-0.4, -0.2) is 46.9 Å². The number of methoxy groups -OCH3 is 3. The summed E-state index contributed by atoms with van der Waals surface area (Å²) >= 11 is 0. The van der Waals surface area contributed by atoms with Crippen molar-refractivity contribution < 1.29 is 23.9 Å². The zero-order chi connectivity index (χ0) is 16.7. The van der Waals surface area contributed by atoms with Gasteiger partial charge < -0.3 is 24.4 Å². The zero-order valence-electron chi connectivity index (χ0n) is 14.2. The van der Waals surface area contributed by atoms with E-state index < -0.39 is 0 Å². The maximum absolute atomic E-state index is 12.1. The molecule has 0 unspecified atom stereocenters. The van der Waals surface area contributed by atoms with Crippen LogP contribution in [0.15, 0.2) is 12.1 Å². The van der Waals surface area contributed by atoms with Gasteiger partial charge in [0, 0.05) is 6.54 Å². The molecule has 0 aromatic heterocycles. The largest absolute Gasteiger partial charge is 0.493 e. The van der Waals surface area contributed by atoms with Gasteiger partial charge in [0.2, 0.25) is 5.75 Å². The van der Waals surface area contributed by atoms with Gasteiger partial charge in [-0.05, 0) is 37.0 Å². The van der Waals surface area contributed by atoms with Gasteiger partial charge >= 0.3 is 0 Å². The van der Waals surface area contributed by atoms with Crippen LogP contribution in [0.1, 0.15) is 24.8 Å². The molecule has 0 bridgehead atoms. The second kappa shape index (κ2) is 8.62. The number of carbonyl (C=O) groups excluding carboxylic acids is 1. The van der Waals surface area contributed by atoms with Crippen LogP contribution in [0.4, 0.5) is 0 Å². The molecule has 23 heavy (non-hydrogen) atoms. The number of amides is 1. The highest BCUT2D eigenvalue weighted by atomic mass is 16.5. The molecule has 1 saturated heterocycles. The summed E-state index contributed by atoms with van der Waals surface area (Å²) in [7, 11) is 4.74. The van der Waals surface area contributed by atoms with Crippen LogP contribution in [0.5, 0.6) is 17.2 Å². The molecule has 0 spiro atoms. The number of likely N-dealkylation sites (tertiary alicyclic amines) is 1. The Balaban J connectivity index is 1.95. The van der Waals surface area contributed by atoms with Crippen molar-refractivity contribution in [1.82, 2.24) is 5.32 Å². The lowest BCUT2D eigenvalue weighted by molar-refractivity contribution is -0.896. The van der Waals surface area contributed by atoms with Gasteiger partial charge in [0.1, 0.15) is 0 Å². The molecule has 0 aliphatic carbocycles. The summed E-state index contributed by atoms with van der Waals surface area (Å²) in [5.41, 5.74) is 0.918. The molecule has 1 aromatic carbocycles. The smallest absolute Gasteiger partial charge is 0.275 e. The molecule has 1 amide bonds. The topological polar surface area (TPSA) is 61.2 Å². The molecule has 0 atom stereocenters. The van der Waals surface area contributed by atoms with Crippen molar-refractivity contribution in [3.63, 3.8) is 0 Å². The van der Waals surface area contributed by atoms with Gasteiger partial charge in [-0.15, -0.1) is 0 Å². The molecule has 0 radical (unpaired) electrons. The Labute approximate surface area is 137 Å². The third kappa shape index (κ3) is 4.76. The van der Waals surface area contributed by atoms with Gasteiger partial charge in [0.05, 0.1) is 34.4 Å². The highest BCUT2D eigenvalue weighted by Gasteiger charge is 2.18. The van der Waals surface area contributed by atoms with E-state index in [-0.39, 0.29) is 5.91 Å². The van der Waals surface area contributed by atoms with Crippen LogP contribution in [0, 0.1) is 0 Å². The molecular formula is C17H27N2O4+. The highest BCUT2D eigenvalue weighted by molar-refractivity contribution is 5.76. The number of carbonyl (C=O) groups is 1. The Bertz CT molecular complexity index is 502. The lowest BCUT2D eigenvalue weighted by atomic mass is 10.1. The maximum Gasteiger partial charge on any atom is 0.275 e. The van der Waals surface area contributed by atoms with Gasteiger partial charge in [-0.1, -0.05) is 0 Å². The van der Waals surface area contributed by atoms with Crippen molar-refractivity contribution in [2.45, 2.75) is 25.8 Å². The molecular weight excluding hydrogens is 296 g/mol. The Morgan fingerprint density at radius 2 is 1.65 bits per heavy atom. The first-order chi connectivity index (χ1) is 11.2. The lowest BCUT2D eigenvalue weighted by Crippen LogP contribution is -3.13. The molecule has 128 valence electrons. The van der Waals surface area contributed by atoms with E-state index in [9.17, 15) is 4.79 Å². The number of piperidine rings is 1. The van der Waals surface area contributed by atoms with E-state index in [1.807, 2.05) is 12.1 Å². The summed E-state index contributed by atoms with van der Waals surface area (Å²) in [6.45, 7) is 3.18. The molecule has 0 saturated carbocycles. The molecule has 2 N–H and O–H groups in total. The van der Waals surface area contributed by atoms with Crippen LogP contribution in [-0.2, 0) is 11.3 Å². The molecule has 1 aliphatic heterocycles. The normalized spacial score (nSPS) is 15.1. The van der Waals surface area contributed by atoms with Crippen molar-refractivity contribution >= 4 is 5.91 Å². The van der Waals surface area contributed by atoms with E-state index in [0.29, 0.717) is 30.3 Å². The van der Waals surface area contributed by atoms with E-state index in [1.165, 1.54) is 24.2 Å². The molecule has 6 nitrogen and oxygen atoms in total. The second-order valence-electron chi connectivity index (χ2n) is 5.80.